The zero-order valence-corrected chi connectivity index (χ0v) is 15.3. The predicted molar refractivity (Wildman–Crippen MR) is 95.9 cm³/mol. The van der Waals surface area contributed by atoms with Crippen LogP contribution in [0.3, 0.4) is 0 Å². The van der Waals surface area contributed by atoms with Gasteiger partial charge >= 0.3 is 12.1 Å². The molecular weight excluding hydrogens is 304 g/mol. The van der Waals surface area contributed by atoms with E-state index in [0.717, 1.165) is 38.3 Å². The first kappa shape index (κ1) is 18.9. The number of hydrogen-bond acceptors (Lipinski definition) is 2. The van der Waals surface area contributed by atoms with Crippen molar-refractivity contribution < 1.29 is 9.59 Å². The molecule has 2 aliphatic rings. The second-order valence-corrected chi connectivity index (χ2v) is 7.33. The van der Waals surface area contributed by atoms with Crippen molar-refractivity contribution in [1.82, 2.24) is 20.9 Å². The van der Waals surface area contributed by atoms with E-state index in [9.17, 15) is 9.59 Å². The number of fused-ring (bicyclic) bond motifs is 1. The summed E-state index contributed by atoms with van der Waals surface area (Å²) in [7, 11) is 0. The molecule has 24 heavy (non-hydrogen) atoms. The Kier molecular flexibility index (Phi) is 7.66. The van der Waals surface area contributed by atoms with Gasteiger partial charge in [-0.25, -0.2) is 9.59 Å². The lowest BCUT2D eigenvalue weighted by molar-refractivity contribution is 0.102. The highest BCUT2D eigenvalue weighted by Gasteiger charge is 2.32. The van der Waals surface area contributed by atoms with Crippen LogP contribution in [0.5, 0.6) is 0 Å². The van der Waals surface area contributed by atoms with E-state index in [-0.39, 0.29) is 18.1 Å². The van der Waals surface area contributed by atoms with Gasteiger partial charge in [0.2, 0.25) is 0 Å². The van der Waals surface area contributed by atoms with Gasteiger partial charge in [-0.2, -0.15) is 0 Å². The maximum Gasteiger partial charge on any atom is 0.317 e. The van der Waals surface area contributed by atoms with E-state index in [1.165, 1.54) is 25.7 Å². The van der Waals surface area contributed by atoms with Gasteiger partial charge in [0, 0.05) is 32.2 Å². The molecular formula is C18H34N4O2. The molecule has 1 heterocycles. The smallest absolute Gasteiger partial charge is 0.317 e. The summed E-state index contributed by atoms with van der Waals surface area (Å²) in [5, 5.41) is 8.67. The molecule has 1 aliphatic heterocycles. The number of piperidine rings is 1. The minimum absolute atomic E-state index is 0.0584. The van der Waals surface area contributed by atoms with Crippen LogP contribution in [-0.2, 0) is 0 Å². The lowest BCUT2D eigenvalue weighted by Gasteiger charge is -2.41. The van der Waals surface area contributed by atoms with Crippen LogP contribution in [0.15, 0.2) is 0 Å². The van der Waals surface area contributed by atoms with Crippen molar-refractivity contribution in [3.8, 4) is 0 Å². The van der Waals surface area contributed by atoms with Gasteiger partial charge in [0.25, 0.3) is 0 Å². The molecule has 1 saturated carbocycles. The van der Waals surface area contributed by atoms with Gasteiger partial charge in [0.15, 0.2) is 0 Å². The summed E-state index contributed by atoms with van der Waals surface area (Å²) in [4.78, 5) is 25.8. The van der Waals surface area contributed by atoms with Gasteiger partial charge in [0.1, 0.15) is 0 Å². The number of carbonyl (C=O) groups is 2. The summed E-state index contributed by atoms with van der Waals surface area (Å²) >= 11 is 0. The summed E-state index contributed by atoms with van der Waals surface area (Å²) < 4.78 is 0. The Morgan fingerprint density at radius 3 is 2.54 bits per heavy atom. The van der Waals surface area contributed by atoms with Gasteiger partial charge in [0.05, 0.1) is 0 Å². The highest BCUT2D eigenvalue weighted by atomic mass is 16.2. The maximum atomic E-state index is 12.3. The van der Waals surface area contributed by atoms with Crippen LogP contribution >= 0.6 is 0 Å². The van der Waals surface area contributed by atoms with Crippen molar-refractivity contribution >= 4 is 12.1 Å². The summed E-state index contributed by atoms with van der Waals surface area (Å²) in [5.41, 5.74) is 0. The molecule has 1 saturated heterocycles. The molecule has 0 radical (unpaired) electrons. The topological polar surface area (TPSA) is 73.5 Å². The fraction of sp³-hybridized carbons (Fsp3) is 0.889. The second-order valence-electron chi connectivity index (χ2n) is 7.33. The van der Waals surface area contributed by atoms with Crippen LogP contribution < -0.4 is 16.0 Å². The Bertz CT molecular complexity index is 416. The van der Waals surface area contributed by atoms with E-state index in [2.05, 4.69) is 16.0 Å². The molecule has 138 valence electrons. The van der Waals surface area contributed by atoms with Gasteiger partial charge < -0.3 is 20.9 Å². The minimum atomic E-state index is -0.130. The third-order valence-corrected chi connectivity index (χ3v) is 5.48. The molecule has 0 aromatic carbocycles. The zero-order valence-electron chi connectivity index (χ0n) is 15.3. The predicted octanol–water partition coefficient (Wildman–Crippen LogP) is 2.70. The molecule has 0 aromatic rings. The number of hydrogen-bond donors (Lipinski definition) is 3. The van der Waals surface area contributed by atoms with Crippen molar-refractivity contribution in [2.24, 2.45) is 11.8 Å². The highest BCUT2D eigenvalue weighted by Crippen LogP contribution is 2.35. The van der Waals surface area contributed by atoms with Crippen molar-refractivity contribution in [2.45, 2.75) is 64.8 Å². The number of carbonyl (C=O) groups excluding carboxylic acids is 2. The Hall–Kier alpha value is -1.46. The summed E-state index contributed by atoms with van der Waals surface area (Å²) in [6.45, 7) is 7.01. The quantitative estimate of drug-likeness (QED) is 0.652. The molecule has 3 unspecified atom stereocenters. The highest BCUT2D eigenvalue weighted by molar-refractivity contribution is 5.74. The number of nitrogens with one attached hydrogen (secondary N) is 3. The van der Waals surface area contributed by atoms with Crippen molar-refractivity contribution in [2.75, 3.05) is 26.2 Å². The van der Waals surface area contributed by atoms with Crippen molar-refractivity contribution in [3.63, 3.8) is 0 Å². The molecule has 3 N–H and O–H groups in total. The molecule has 2 rings (SSSR count). The van der Waals surface area contributed by atoms with E-state index >= 15 is 0 Å². The minimum Gasteiger partial charge on any atom is -0.338 e. The van der Waals surface area contributed by atoms with Gasteiger partial charge in [-0.1, -0.05) is 26.2 Å². The molecule has 2 fully saturated rings. The number of rotatable bonds is 6. The van der Waals surface area contributed by atoms with Crippen molar-refractivity contribution in [3.05, 3.63) is 0 Å². The van der Waals surface area contributed by atoms with E-state index in [1.807, 2.05) is 18.7 Å². The monoisotopic (exact) mass is 338 g/mol. The Morgan fingerprint density at radius 2 is 1.79 bits per heavy atom. The zero-order chi connectivity index (χ0) is 17.4. The fourth-order valence-electron chi connectivity index (χ4n) is 3.76. The molecule has 0 spiro atoms. The lowest BCUT2D eigenvalue weighted by Crippen LogP contribution is -2.49. The summed E-state index contributed by atoms with van der Waals surface area (Å²) in [6.07, 6.45) is 8.15. The molecule has 6 heteroatoms. The first-order valence-electron chi connectivity index (χ1n) is 9.67. The normalized spacial score (nSPS) is 24.7. The van der Waals surface area contributed by atoms with Crippen molar-refractivity contribution in [1.29, 1.82) is 0 Å². The number of urea groups is 2. The van der Waals surface area contributed by atoms with Crippen LogP contribution in [-0.4, -0.2) is 49.2 Å². The third-order valence-electron chi connectivity index (χ3n) is 5.48. The summed E-state index contributed by atoms with van der Waals surface area (Å²) in [5.74, 6) is 1.56. The van der Waals surface area contributed by atoms with Gasteiger partial charge in [-0.15, -0.1) is 0 Å². The second kappa shape index (κ2) is 9.74. The average Bonchev–Trinajstić information content (AvgIpc) is 2.60. The molecule has 0 bridgehead atoms. The maximum absolute atomic E-state index is 12.3. The average molecular weight is 338 g/mol. The Labute approximate surface area is 146 Å². The van der Waals surface area contributed by atoms with Gasteiger partial charge in [-0.3, -0.25) is 0 Å². The summed E-state index contributed by atoms with van der Waals surface area (Å²) in [6, 6.07) is 0.116. The molecule has 0 aromatic heterocycles. The lowest BCUT2D eigenvalue weighted by atomic mass is 9.75. The largest absolute Gasteiger partial charge is 0.338 e. The van der Waals surface area contributed by atoms with Crippen LogP contribution in [0.2, 0.25) is 0 Å². The molecule has 4 amide bonds. The van der Waals surface area contributed by atoms with E-state index in [4.69, 9.17) is 0 Å². The van der Waals surface area contributed by atoms with E-state index in [1.54, 1.807) is 0 Å². The van der Waals surface area contributed by atoms with Gasteiger partial charge in [-0.05, 0) is 44.4 Å². The fourth-order valence-corrected chi connectivity index (χ4v) is 3.76. The standard InChI is InChI=1S/C18H34N4O2/c1-3-14(2)21-17(23)19-10-6-11-20-18(24)22-12-9-15-7-4-5-8-16(15)13-22/h14-16H,3-13H2,1-2H3,(H,20,24)(H2,19,21,23). The number of nitrogens with zero attached hydrogens (tertiary/aromatic N) is 1. The van der Waals surface area contributed by atoms with Crippen LogP contribution in [0.1, 0.15) is 58.8 Å². The first-order valence-corrected chi connectivity index (χ1v) is 9.67. The van der Waals surface area contributed by atoms with E-state index in [0.29, 0.717) is 19.0 Å². The van der Waals surface area contributed by atoms with Crippen LogP contribution in [0.4, 0.5) is 9.59 Å². The number of likely N-dealkylation sites (tertiary alicyclic amines) is 1. The van der Waals surface area contributed by atoms with Crippen LogP contribution in [0.25, 0.3) is 0 Å². The Balaban J connectivity index is 1.56. The number of amides is 4. The molecule has 1 aliphatic carbocycles. The Morgan fingerprint density at radius 1 is 1.08 bits per heavy atom. The van der Waals surface area contributed by atoms with Crippen LogP contribution in [0, 0.1) is 11.8 Å². The molecule has 6 nitrogen and oxygen atoms in total. The third kappa shape index (κ3) is 5.87. The SMILES string of the molecule is CCC(C)NC(=O)NCCCNC(=O)N1CCC2CCCCC2C1. The van der Waals surface area contributed by atoms with E-state index < -0.39 is 0 Å². The molecule has 3 atom stereocenters. The first-order chi connectivity index (χ1) is 11.6.